The van der Waals surface area contributed by atoms with E-state index >= 15 is 0 Å². The van der Waals surface area contributed by atoms with Gasteiger partial charge in [-0.1, -0.05) is 116 Å². The second-order valence-electron chi connectivity index (χ2n) is 13.9. The maximum absolute atomic E-state index is 12.2. The van der Waals surface area contributed by atoms with Crippen LogP contribution in [0.4, 0.5) is 0 Å². The third-order valence-corrected chi connectivity index (χ3v) is 8.82. The van der Waals surface area contributed by atoms with E-state index in [1.54, 1.807) is 23.2 Å². The zero-order chi connectivity index (χ0) is 39.4. The number of unbranched alkanes of at least 4 members (excludes halogenated alkanes) is 4. The van der Waals surface area contributed by atoms with E-state index < -0.39 is 11.9 Å². The van der Waals surface area contributed by atoms with Gasteiger partial charge >= 0.3 is 5.97 Å². The van der Waals surface area contributed by atoms with Crippen LogP contribution in [0, 0.1) is 5.92 Å². The molecule has 0 bridgehead atoms. The number of benzene rings is 3. The van der Waals surface area contributed by atoms with Crippen LogP contribution in [0.5, 0.6) is 5.75 Å². The Morgan fingerprint density at radius 1 is 0.887 bits per heavy atom. The number of rotatable bonds is 15. The number of amidine groups is 1. The lowest BCUT2D eigenvalue weighted by Crippen LogP contribution is -2.53. The summed E-state index contributed by atoms with van der Waals surface area (Å²) in [5.41, 5.74) is 11.0. The highest BCUT2D eigenvalue weighted by Crippen LogP contribution is 2.23. The zero-order valence-electron chi connectivity index (χ0n) is 32.9. The summed E-state index contributed by atoms with van der Waals surface area (Å²) in [7, 11) is 0. The molecule has 9 heteroatoms. The number of amides is 2. The maximum Gasteiger partial charge on any atom is 0.310 e. The van der Waals surface area contributed by atoms with Gasteiger partial charge in [0.05, 0.1) is 12.5 Å². The monoisotopic (exact) mass is 724 g/mol. The Bertz CT molecular complexity index is 1650. The van der Waals surface area contributed by atoms with E-state index in [-0.39, 0.29) is 17.2 Å². The molecular weight excluding hydrogens is 665 g/mol. The molecule has 4 rings (SSSR count). The van der Waals surface area contributed by atoms with Crippen LogP contribution in [-0.4, -0.2) is 60.0 Å². The first-order valence-corrected chi connectivity index (χ1v) is 18.8. The van der Waals surface area contributed by atoms with Crippen molar-refractivity contribution in [3.8, 4) is 5.75 Å². The number of carboxylic acid groups (broad SMARTS) is 1. The van der Waals surface area contributed by atoms with Crippen molar-refractivity contribution in [3.05, 3.63) is 107 Å². The molecule has 3 aromatic carbocycles. The van der Waals surface area contributed by atoms with E-state index in [0.717, 1.165) is 41.0 Å². The fraction of sp³-hybridized carbons (Fsp3) is 0.432. The Kier molecular flexibility index (Phi) is 19.0. The molecule has 0 spiro atoms. The third kappa shape index (κ3) is 15.2. The predicted octanol–water partition coefficient (Wildman–Crippen LogP) is 9.13. The number of carbonyl (C=O) groups is 3. The first-order valence-electron chi connectivity index (χ1n) is 18.8. The number of nitrogens with two attached hydrogens (primary N) is 1. The largest absolute Gasteiger partial charge is 0.494 e. The average molecular weight is 725 g/mol. The summed E-state index contributed by atoms with van der Waals surface area (Å²) in [5, 5.41) is 8.95. The molecule has 0 saturated carbocycles. The second-order valence-corrected chi connectivity index (χ2v) is 13.9. The molecule has 0 radical (unpaired) electrons. The molecular formula is C44H60N4O5. The smallest absolute Gasteiger partial charge is 0.310 e. The lowest BCUT2D eigenvalue weighted by atomic mass is 9.87. The van der Waals surface area contributed by atoms with Gasteiger partial charge in [-0.3, -0.25) is 14.4 Å². The van der Waals surface area contributed by atoms with Gasteiger partial charge in [0.1, 0.15) is 5.75 Å². The van der Waals surface area contributed by atoms with Crippen LogP contribution in [0.1, 0.15) is 120 Å². The van der Waals surface area contributed by atoms with Crippen molar-refractivity contribution in [2.75, 3.05) is 19.7 Å². The number of aliphatic carboxylic acids is 1. The Morgan fingerprint density at radius 3 is 1.98 bits per heavy atom. The molecule has 3 N–H and O–H groups in total. The Balaban J connectivity index is 0.000000542. The molecule has 1 aliphatic heterocycles. The third-order valence-electron chi connectivity index (χ3n) is 8.82. The summed E-state index contributed by atoms with van der Waals surface area (Å²) in [6.07, 6.45) is 8.85. The maximum atomic E-state index is 12.2. The molecule has 1 fully saturated rings. The summed E-state index contributed by atoms with van der Waals surface area (Å²) < 4.78 is 5.85. The van der Waals surface area contributed by atoms with Crippen LogP contribution < -0.4 is 10.5 Å². The van der Waals surface area contributed by atoms with Crippen LogP contribution in [0.15, 0.2) is 89.0 Å². The van der Waals surface area contributed by atoms with Gasteiger partial charge in [0.15, 0.2) is 5.84 Å². The van der Waals surface area contributed by atoms with E-state index in [4.69, 9.17) is 15.6 Å². The standard InChI is InChI=1S/C31H39N3O4.C11H15NO.C2H6/c1-4-5-6-7-8-19-38-28-16-14-25(15-17-28)23(2)20-33-30(32-3)26-12-9-24(10-13-26)11-18-29(35)34-21-27(22-34)31(36)37;1-11(2,3)9-6-4-8(5-7-9)10(12)13;1-2/h9-10,12-17,20,27H,3-8,11,18-19,21-22H2,1-2H3,(H,36,37);4-7H,1-3H3,(H2,12,13);1-2H3/b23-20+,33-30?;;. The Morgan fingerprint density at radius 2 is 1.45 bits per heavy atom. The number of carboxylic acids is 1. The fourth-order valence-electron chi connectivity index (χ4n) is 5.35. The highest BCUT2D eigenvalue weighted by Gasteiger charge is 2.35. The molecule has 0 aromatic heterocycles. The molecule has 1 saturated heterocycles. The number of nitrogens with zero attached hydrogens (tertiary/aromatic N) is 3. The van der Waals surface area contributed by atoms with Crippen molar-refractivity contribution in [3.63, 3.8) is 0 Å². The summed E-state index contributed by atoms with van der Waals surface area (Å²) in [6.45, 7) is 19.6. The molecule has 9 nitrogen and oxygen atoms in total. The minimum Gasteiger partial charge on any atom is -0.494 e. The number of hydrogen-bond donors (Lipinski definition) is 2. The summed E-state index contributed by atoms with van der Waals surface area (Å²) >= 11 is 0. The van der Waals surface area contributed by atoms with Gasteiger partial charge in [-0.15, -0.1) is 0 Å². The number of primary amides is 1. The normalized spacial score (nSPS) is 13.1. The van der Waals surface area contributed by atoms with Crippen LogP contribution in [0.3, 0.4) is 0 Å². The first-order chi connectivity index (χ1) is 25.3. The number of carbonyl (C=O) groups excluding carboxylic acids is 2. The molecule has 1 heterocycles. The van der Waals surface area contributed by atoms with E-state index in [0.29, 0.717) is 37.3 Å². The minimum atomic E-state index is -0.839. The van der Waals surface area contributed by atoms with Crippen LogP contribution in [0.25, 0.3) is 5.57 Å². The van der Waals surface area contributed by atoms with Crippen molar-refractivity contribution in [1.82, 2.24) is 4.90 Å². The number of ether oxygens (including phenoxy) is 1. The van der Waals surface area contributed by atoms with Crippen molar-refractivity contribution < 1.29 is 24.2 Å². The molecule has 0 unspecified atom stereocenters. The fourth-order valence-corrected chi connectivity index (χ4v) is 5.35. The van der Waals surface area contributed by atoms with Crippen molar-refractivity contribution in [2.45, 2.75) is 98.8 Å². The van der Waals surface area contributed by atoms with Crippen LogP contribution in [-0.2, 0) is 21.4 Å². The number of likely N-dealkylation sites (tertiary alicyclic amines) is 1. The van der Waals surface area contributed by atoms with Gasteiger partial charge in [-0.25, -0.2) is 9.98 Å². The van der Waals surface area contributed by atoms with E-state index in [2.05, 4.69) is 44.4 Å². The lowest BCUT2D eigenvalue weighted by molar-refractivity contribution is -0.152. The quantitative estimate of drug-likeness (QED) is 0.0916. The van der Waals surface area contributed by atoms with Crippen LogP contribution >= 0.6 is 0 Å². The molecule has 0 aliphatic carbocycles. The van der Waals surface area contributed by atoms with Gasteiger partial charge in [-0.05, 0) is 78.4 Å². The van der Waals surface area contributed by atoms with E-state index in [9.17, 15) is 14.4 Å². The summed E-state index contributed by atoms with van der Waals surface area (Å²) in [5.74, 6) is -0.248. The summed E-state index contributed by atoms with van der Waals surface area (Å²) in [6, 6.07) is 23.2. The van der Waals surface area contributed by atoms with Gasteiger partial charge in [0.2, 0.25) is 11.8 Å². The van der Waals surface area contributed by atoms with Crippen molar-refractivity contribution in [1.29, 1.82) is 0 Å². The number of allylic oxidation sites excluding steroid dienone is 1. The molecule has 1 aliphatic rings. The number of hydrogen-bond acceptors (Lipinski definition) is 5. The number of aliphatic imine (C=N–C) groups is 2. The van der Waals surface area contributed by atoms with E-state index in [1.165, 1.54) is 31.2 Å². The van der Waals surface area contributed by atoms with Crippen LogP contribution in [0.2, 0.25) is 0 Å². The highest BCUT2D eigenvalue weighted by molar-refractivity contribution is 6.02. The molecule has 286 valence electrons. The van der Waals surface area contributed by atoms with Gasteiger partial charge in [0, 0.05) is 36.8 Å². The molecule has 53 heavy (non-hydrogen) atoms. The topological polar surface area (TPSA) is 135 Å². The van der Waals surface area contributed by atoms with Gasteiger partial charge < -0.3 is 20.5 Å². The average Bonchev–Trinajstić information content (AvgIpc) is 3.13. The molecule has 2 amide bonds. The Labute approximate surface area is 317 Å². The van der Waals surface area contributed by atoms with E-state index in [1.807, 2.05) is 81.4 Å². The molecule has 3 aromatic rings. The first kappa shape index (κ1) is 44.1. The number of aryl methyl sites for hydroxylation is 1. The van der Waals surface area contributed by atoms with Gasteiger partial charge in [0.25, 0.3) is 0 Å². The zero-order valence-corrected chi connectivity index (χ0v) is 32.9. The minimum absolute atomic E-state index is 0.01000. The second kappa shape index (κ2) is 22.8. The predicted molar refractivity (Wildman–Crippen MR) is 218 cm³/mol. The Hall–Kier alpha value is -5.05. The SMILES string of the molecule is C=NC(=N/C=C(\C)c1ccc(OCCCCCCC)cc1)c1ccc(CCC(=O)N2CC(C(=O)O)C2)cc1.CC.CC(C)(C)c1ccc(C(N)=O)cc1. The van der Waals surface area contributed by atoms with Crippen molar-refractivity contribution >= 4 is 35.9 Å². The highest BCUT2D eigenvalue weighted by atomic mass is 16.5. The van der Waals surface area contributed by atoms with Gasteiger partial charge in [-0.2, -0.15) is 0 Å². The lowest BCUT2D eigenvalue weighted by Gasteiger charge is -2.36. The summed E-state index contributed by atoms with van der Waals surface area (Å²) in [4.78, 5) is 44.2. The molecule has 0 atom stereocenters. The van der Waals surface area contributed by atoms with Crippen molar-refractivity contribution in [2.24, 2.45) is 21.6 Å².